The second-order valence-electron chi connectivity index (χ2n) is 5.73. The standard InChI is InChI=1S/C14H20F3N5O2/c1-21(2)11-7-10(14(15,16)17)19-12(20-11)18-9-5-4-6-22(8-9)13(23)24-3/h7,9H,4-6,8H2,1-3H3,(H,18,19,20). The molecule has 1 aromatic rings. The van der Waals surface area contributed by atoms with Gasteiger partial charge in [0.15, 0.2) is 5.69 Å². The zero-order valence-electron chi connectivity index (χ0n) is 13.7. The van der Waals surface area contributed by atoms with E-state index >= 15 is 0 Å². The number of likely N-dealkylation sites (tertiary alicyclic amines) is 1. The maximum atomic E-state index is 13.0. The molecule has 7 nitrogen and oxygen atoms in total. The smallest absolute Gasteiger partial charge is 0.433 e. The van der Waals surface area contributed by atoms with Gasteiger partial charge in [0.1, 0.15) is 5.82 Å². The normalized spacial score (nSPS) is 18.2. The van der Waals surface area contributed by atoms with Crippen molar-refractivity contribution in [3.63, 3.8) is 0 Å². The number of alkyl halides is 3. The molecular formula is C14H20F3N5O2. The van der Waals surface area contributed by atoms with Crippen molar-refractivity contribution in [2.24, 2.45) is 0 Å². The molecule has 0 aromatic carbocycles. The molecule has 2 heterocycles. The number of hydrogen-bond acceptors (Lipinski definition) is 6. The highest BCUT2D eigenvalue weighted by molar-refractivity contribution is 5.67. The van der Waals surface area contributed by atoms with Gasteiger partial charge in [-0.2, -0.15) is 18.2 Å². The summed E-state index contributed by atoms with van der Waals surface area (Å²) in [6.45, 7) is 0.876. The number of nitrogens with zero attached hydrogens (tertiary/aromatic N) is 4. The monoisotopic (exact) mass is 347 g/mol. The van der Waals surface area contributed by atoms with E-state index in [2.05, 4.69) is 20.0 Å². The lowest BCUT2D eigenvalue weighted by atomic mass is 10.1. The van der Waals surface area contributed by atoms with E-state index < -0.39 is 18.0 Å². The van der Waals surface area contributed by atoms with Crippen LogP contribution in [-0.4, -0.2) is 61.3 Å². The Hall–Kier alpha value is -2.26. The minimum Gasteiger partial charge on any atom is -0.453 e. The summed E-state index contributed by atoms with van der Waals surface area (Å²) in [5.74, 6) is 0.0469. The van der Waals surface area contributed by atoms with Crippen molar-refractivity contribution in [3.8, 4) is 0 Å². The molecule has 1 aliphatic rings. The van der Waals surface area contributed by atoms with Crippen LogP contribution in [0.2, 0.25) is 0 Å². The van der Waals surface area contributed by atoms with Gasteiger partial charge in [0.25, 0.3) is 0 Å². The quantitative estimate of drug-likeness (QED) is 0.904. The second-order valence-corrected chi connectivity index (χ2v) is 5.73. The van der Waals surface area contributed by atoms with Crippen LogP contribution in [0, 0.1) is 0 Å². The summed E-state index contributed by atoms with van der Waals surface area (Å²) in [6, 6.07) is 0.656. The van der Waals surface area contributed by atoms with Gasteiger partial charge in [-0.25, -0.2) is 9.78 Å². The zero-order valence-corrected chi connectivity index (χ0v) is 13.7. The molecule has 1 amide bonds. The second kappa shape index (κ2) is 7.10. The number of piperidine rings is 1. The summed E-state index contributed by atoms with van der Waals surface area (Å²) in [5, 5.41) is 2.90. The molecule has 24 heavy (non-hydrogen) atoms. The van der Waals surface area contributed by atoms with E-state index in [1.165, 1.54) is 16.9 Å². The summed E-state index contributed by atoms with van der Waals surface area (Å²) < 4.78 is 43.7. The van der Waals surface area contributed by atoms with Crippen molar-refractivity contribution in [2.75, 3.05) is 44.5 Å². The Morgan fingerprint density at radius 3 is 2.71 bits per heavy atom. The van der Waals surface area contributed by atoms with Crippen molar-refractivity contribution < 1.29 is 22.7 Å². The van der Waals surface area contributed by atoms with Crippen LogP contribution in [0.5, 0.6) is 0 Å². The molecule has 0 bridgehead atoms. The molecule has 0 spiro atoms. The average molecular weight is 347 g/mol. The number of carbonyl (C=O) groups excluding carboxylic acids is 1. The third-order valence-electron chi connectivity index (χ3n) is 3.65. The zero-order chi connectivity index (χ0) is 17.9. The molecule has 0 aliphatic carbocycles. The van der Waals surface area contributed by atoms with Crippen LogP contribution in [0.25, 0.3) is 0 Å². The molecule has 0 radical (unpaired) electrons. The number of aromatic nitrogens is 2. The third-order valence-corrected chi connectivity index (χ3v) is 3.65. The van der Waals surface area contributed by atoms with Crippen LogP contribution in [0.1, 0.15) is 18.5 Å². The SMILES string of the molecule is COC(=O)N1CCCC(Nc2nc(N(C)C)cc(C(F)(F)F)n2)C1. The molecule has 0 saturated carbocycles. The van der Waals surface area contributed by atoms with Gasteiger partial charge in [-0.05, 0) is 12.8 Å². The van der Waals surface area contributed by atoms with Crippen LogP contribution in [0.15, 0.2) is 6.07 Å². The largest absolute Gasteiger partial charge is 0.453 e. The highest BCUT2D eigenvalue weighted by Gasteiger charge is 2.34. The van der Waals surface area contributed by atoms with Gasteiger partial charge < -0.3 is 19.9 Å². The topological polar surface area (TPSA) is 70.6 Å². The lowest BCUT2D eigenvalue weighted by molar-refractivity contribution is -0.141. The number of amides is 1. The Labute approximate surface area is 137 Å². The molecule has 1 aromatic heterocycles. The van der Waals surface area contributed by atoms with Gasteiger partial charge in [0, 0.05) is 39.3 Å². The molecular weight excluding hydrogens is 327 g/mol. The van der Waals surface area contributed by atoms with E-state index in [0.29, 0.717) is 25.9 Å². The van der Waals surface area contributed by atoms with Crippen molar-refractivity contribution in [1.29, 1.82) is 0 Å². The van der Waals surface area contributed by atoms with E-state index in [0.717, 1.165) is 6.07 Å². The first-order valence-electron chi connectivity index (χ1n) is 7.43. The number of carbonyl (C=O) groups is 1. The first kappa shape index (κ1) is 18.1. The van der Waals surface area contributed by atoms with Crippen LogP contribution in [0.4, 0.5) is 29.7 Å². The fraction of sp³-hybridized carbons (Fsp3) is 0.643. The summed E-state index contributed by atoms with van der Waals surface area (Å²) in [7, 11) is 4.50. The summed E-state index contributed by atoms with van der Waals surface area (Å²) >= 11 is 0. The molecule has 1 N–H and O–H groups in total. The highest BCUT2D eigenvalue weighted by Crippen LogP contribution is 2.30. The van der Waals surface area contributed by atoms with E-state index in [9.17, 15) is 18.0 Å². The lowest BCUT2D eigenvalue weighted by Gasteiger charge is -2.32. The van der Waals surface area contributed by atoms with Gasteiger partial charge in [0.2, 0.25) is 5.95 Å². The number of methoxy groups -OCH3 is 1. The Balaban J connectivity index is 2.19. The third kappa shape index (κ3) is 4.39. The number of nitrogens with one attached hydrogen (secondary N) is 1. The Morgan fingerprint density at radius 1 is 1.42 bits per heavy atom. The number of rotatable bonds is 3. The molecule has 1 saturated heterocycles. The van der Waals surface area contributed by atoms with Crippen LogP contribution < -0.4 is 10.2 Å². The van der Waals surface area contributed by atoms with E-state index in [1.54, 1.807) is 14.1 Å². The Morgan fingerprint density at radius 2 is 2.12 bits per heavy atom. The summed E-state index contributed by atoms with van der Waals surface area (Å²) in [5.41, 5.74) is -1.01. The summed E-state index contributed by atoms with van der Waals surface area (Å²) in [4.78, 5) is 22.2. The van der Waals surface area contributed by atoms with E-state index in [4.69, 9.17) is 0 Å². The van der Waals surface area contributed by atoms with Gasteiger partial charge >= 0.3 is 12.3 Å². The van der Waals surface area contributed by atoms with Crippen LogP contribution in [-0.2, 0) is 10.9 Å². The molecule has 2 rings (SSSR count). The van der Waals surface area contributed by atoms with Crippen molar-refractivity contribution >= 4 is 17.9 Å². The van der Waals surface area contributed by atoms with Crippen LogP contribution in [0.3, 0.4) is 0 Å². The first-order valence-corrected chi connectivity index (χ1v) is 7.43. The molecule has 1 aliphatic heterocycles. The van der Waals surface area contributed by atoms with Gasteiger partial charge in [-0.15, -0.1) is 0 Å². The molecule has 1 unspecified atom stereocenters. The first-order chi connectivity index (χ1) is 11.2. The highest BCUT2D eigenvalue weighted by atomic mass is 19.4. The van der Waals surface area contributed by atoms with Crippen molar-refractivity contribution in [3.05, 3.63) is 11.8 Å². The number of halogens is 3. The van der Waals surface area contributed by atoms with E-state index in [-0.39, 0.29) is 17.8 Å². The molecule has 134 valence electrons. The van der Waals surface area contributed by atoms with Gasteiger partial charge in [0.05, 0.1) is 7.11 Å². The predicted molar refractivity (Wildman–Crippen MR) is 82.0 cm³/mol. The Kier molecular flexibility index (Phi) is 5.35. The van der Waals surface area contributed by atoms with Crippen LogP contribution >= 0.6 is 0 Å². The number of ether oxygens (including phenoxy) is 1. The van der Waals surface area contributed by atoms with Crippen molar-refractivity contribution in [1.82, 2.24) is 14.9 Å². The van der Waals surface area contributed by atoms with Gasteiger partial charge in [-0.3, -0.25) is 0 Å². The average Bonchev–Trinajstić information content (AvgIpc) is 2.53. The fourth-order valence-corrected chi connectivity index (χ4v) is 2.45. The van der Waals surface area contributed by atoms with Gasteiger partial charge in [-0.1, -0.05) is 0 Å². The van der Waals surface area contributed by atoms with Crippen molar-refractivity contribution in [2.45, 2.75) is 25.1 Å². The molecule has 1 atom stereocenters. The fourth-order valence-electron chi connectivity index (χ4n) is 2.45. The predicted octanol–water partition coefficient (Wildman–Crippen LogP) is 2.20. The molecule has 1 fully saturated rings. The number of anilines is 2. The minimum absolute atomic E-state index is 0.106. The lowest BCUT2D eigenvalue weighted by Crippen LogP contribution is -2.45. The number of hydrogen-bond donors (Lipinski definition) is 1. The maximum absolute atomic E-state index is 13.0. The van der Waals surface area contributed by atoms with E-state index in [1.807, 2.05) is 0 Å². The summed E-state index contributed by atoms with van der Waals surface area (Å²) in [6.07, 6.45) is -3.61. The Bertz CT molecular complexity index is 594. The maximum Gasteiger partial charge on any atom is 0.433 e. The minimum atomic E-state index is -4.56. The molecule has 10 heteroatoms.